The number of piperidine rings is 1. The van der Waals surface area contributed by atoms with Crippen LogP contribution in [0, 0.1) is 11.6 Å². The lowest BCUT2D eigenvalue weighted by Crippen LogP contribution is -2.38. The number of hydrogen-bond donors (Lipinski definition) is 1. The van der Waals surface area contributed by atoms with Gasteiger partial charge in [-0.1, -0.05) is 12.1 Å². The Morgan fingerprint density at radius 3 is 2.70 bits per heavy atom. The number of rotatable bonds is 5. The van der Waals surface area contributed by atoms with Crippen LogP contribution in [-0.2, 0) is 4.74 Å². The van der Waals surface area contributed by atoms with E-state index in [0.717, 1.165) is 38.5 Å². The third-order valence-electron chi connectivity index (χ3n) is 4.01. The zero-order valence-electron chi connectivity index (χ0n) is 11.8. The molecular formula is C15H22F2N2O. The van der Waals surface area contributed by atoms with E-state index in [1.807, 2.05) is 0 Å². The molecule has 0 saturated carbocycles. The highest BCUT2D eigenvalue weighted by Crippen LogP contribution is 2.21. The minimum Gasteiger partial charge on any atom is -0.381 e. The van der Waals surface area contributed by atoms with Crippen molar-refractivity contribution in [1.29, 1.82) is 0 Å². The van der Waals surface area contributed by atoms with Gasteiger partial charge in [-0.15, -0.1) is 0 Å². The van der Waals surface area contributed by atoms with Gasteiger partial charge in [-0.2, -0.15) is 0 Å². The van der Waals surface area contributed by atoms with Crippen LogP contribution in [0.1, 0.15) is 30.9 Å². The summed E-state index contributed by atoms with van der Waals surface area (Å²) in [5.74, 6) is -1.66. The van der Waals surface area contributed by atoms with Gasteiger partial charge in [0, 0.05) is 31.8 Å². The number of methoxy groups -OCH3 is 1. The maximum Gasteiger partial charge on any atom is 0.163 e. The summed E-state index contributed by atoms with van der Waals surface area (Å²) in [6.45, 7) is 2.74. The maximum absolute atomic E-state index is 13.6. The third-order valence-corrected chi connectivity index (χ3v) is 4.01. The molecule has 1 unspecified atom stereocenters. The molecule has 1 aromatic carbocycles. The molecule has 2 N–H and O–H groups in total. The summed E-state index contributed by atoms with van der Waals surface area (Å²) >= 11 is 0. The Bertz CT molecular complexity index is 434. The number of benzene rings is 1. The van der Waals surface area contributed by atoms with Crippen molar-refractivity contribution in [3.63, 3.8) is 0 Å². The van der Waals surface area contributed by atoms with E-state index in [1.54, 1.807) is 13.2 Å². The highest BCUT2D eigenvalue weighted by atomic mass is 19.2. The first-order valence-corrected chi connectivity index (χ1v) is 7.06. The topological polar surface area (TPSA) is 38.5 Å². The van der Waals surface area contributed by atoms with E-state index in [2.05, 4.69) is 4.90 Å². The summed E-state index contributed by atoms with van der Waals surface area (Å²) < 4.78 is 32.1. The van der Waals surface area contributed by atoms with Gasteiger partial charge in [-0.3, -0.25) is 0 Å². The van der Waals surface area contributed by atoms with Crippen molar-refractivity contribution in [2.75, 3.05) is 26.7 Å². The Kier molecular flexibility index (Phi) is 5.46. The highest BCUT2D eigenvalue weighted by molar-refractivity contribution is 5.22. The normalized spacial score (nSPS) is 19.2. The second-order valence-corrected chi connectivity index (χ2v) is 5.31. The van der Waals surface area contributed by atoms with Crippen molar-refractivity contribution in [2.24, 2.45) is 5.73 Å². The van der Waals surface area contributed by atoms with E-state index in [1.165, 1.54) is 6.07 Å². The van der Waals surface area contributed by atoms with Crippen LogP contribution in [0.4, 0.5) is 8.78 Å². The first-order valence-electron chi connectivity index (χ1n) is 7.06. The lowest BCUT2D eigenvalue weighted by Gasteiger charge is -2.31. The smallest absolute Gasteiger partial charge is 0.163 e. The number of hydrogen-bond acceptors (Lipinski definition) is 3. The molecule has 2 rings (SSSR count). The van der Waals surface area contributed by atoms with Crippen molar-refractivity contribution >= 4 is 0 Å². The van der Waals surface area contributed by atoms with Crippen LogP contribution >= 0.6 is 0 Å². The van der Waals surface area contributed by atoms with Crippen molar-refractivity contribution in [1.82, 2.24) is 4.90 Å². The lowest BCUT2D eigenvalue weighted by atomic mass is 10.0. The zero-order chi connectivity index (χ0) is 14.5. The Labute approximate surface area is 118 Å². The highest BCUT2D eigenvalue weighted by Gasteiger charge is 2.20. The molecule has 0 bridgehead atoms. The van der Waals surface area contributed by atoms with Crippen molar-refractivity contribution < 1.29 is 13.5 Å². The summed E-state index contributed by atoms with van der Waals surface area (Å²) in [4.78, 5) is 2.30. The van der Waals surface area contributed by atoms with Crippen molar-refractivity contribution in [2.45, 2.75) is 31.4 Å². The minimum atomic E-state index is -0.834. The molecule has 3 nitrogen and oxygen atoms in total. The monoisotopic (exact) mass is 284 g/mol. The van der Waals surface area contributed by atoms with E-state index >= 15 is 0 Å². The van der Waals surface area contributed by atoms with E-state index in [9.17, 15) is 8.78 Å². The predicted molar refractivity (Wildman–Crippen MR) is 74.4 cm³/mol. The molecule has 0 radical (unpaired) electrons. The standard InChI is InChI=1S/C15H22F2N2O/c1-20-11-5-8-19(9-6-11)10-7-14(18)12-3-2-4-13(16)15(12)17/h2-4,11,14H,5-10,18H2,1H3. The van der Waals surface area contributed by atoms with Crippen LogP contribution < -0.4 is 5.73 Å². The first kappa shape index (κ1) is 15.4. The number of nitrogens with two attached hydrogens (primary N) is 1. The van der Waals surface area contributed by atoms with Gasteiger partial charge in [0.05, 0.1) is 6.10 Å². The number of halogens is 2. The van der Waals surface area contributed by atoms with Crippen LogP contribution in [-0.4, -0.2) is 37.7 Å². The molecule has 1 fully saturated rings. The molecule has 0 amide bonds. The summed E-state index contributed by atoms with van der Waals surface area (Å²) in [5.41, 5.74) is 6.24. The summed E-state index contributed by atoms with van der Waals surface area (Å²) in [7, 11) is 1.74. The third kappa shape index (κ3) is 3.75. The average molecular weight is 284 g/mol. The average Bonchev–Trinajstić information content (AvgIpc) is 2.48. The van der Waals surface area contributed by atoms with E-state index < -0.39 is 17.7 Å². The van der Waals surface area contributed by atoms with Gasteiger partial charge in [0.15, 0.2) is 11.6 Å². The van der Waals surface area contributed by atoms with Crippen LogP contribution in [0.2, 0.25) is 0 Å². The Morgan fingerprint density at radius 1 is 1.35 bits per heavy atom. The molecule has 5 heteroatoms. The molecule has 0 aromatic heterocycles. The Hall–Kier alpha value is -1.04. The van der Waals surface area contributed by atoms with Gasteiger partial charge < -0.3 is 15.4 Å². The summed E-state index contributed by atoms with van der Waals surface area (Å²) in [5, 5.41) is 0. The molecule has 1 aliphatic heterocycles. The quantitative estimate of drug-likeness (QED) is 0.902. The fourth-order valence-electron chi connectivity index (χ4n) is 2.65. The zero-order valence-corrected chi connectivity index (χ0v) is 11.8. The fourth-order valence-corrected chi connectivity index (χ4v) is 2.65. The molecule has 1 aliphatic rings. The molecule has 1 aromatic rings. The SMILES string of the molecule is COC1CCN(CCC(N)c2cccc(F)c2F)CC1. The lowest BCUT2D eigenvalue weighted by molar-refractivity contribution is 0.0403. The predicted octanol–water partition coefficient (Wildman–Crippen LogP) is 2.47. The van der Waals surface area contributed by atoms with Gasteiger partial charge in [-0.25, -0.2) is 8.78 Å². The minimum absolute atomic E-state index is 0.261. The molecule has 112 valence electrons. The summed E-state index contributed by atoms with van der Waals surface area (Å²) in [6, 6.07) is 3.70. The second-order valence-electron chi connectivity index (χ2n) is 5.31. The van der Waals surface area contributed by atoms with Gasteiger partial charge in [0.2, 0.25) is 0 Å². The van der Waals surface area contributed by atoms with Crippen LogP contribution in [0.5, 0.6) is 0 Å². The van der Waals surface area contributed by atoms with Crippen LogP contribution in [0.15, 0.2) is 18.2 Å². The van der Waals surface area contributed by atoms with Crippen LogP contribution in [0.3, 0.4) is 0 Å². The van der Waals surface area contributed by atoms with Crippen LogP contribution in [0.25, 0.3) is 0 Å². The molecule has 0 aliphatic carbocycles. The maximum atomic E-state index is 13.6. The molecule has 20 heavy (non-hydrogen) atoms. The largest absolute Gasteiger partial charge is 0.381 e. The van der Waals surface area contributed by atoms with E-state index in [-0.39, 0.29) is 5.56 Å². The molecule has 1 heterocycles. The Balaban J connectivity index is 1.83. The van der Waals surface area contributed by atoms with Gasteiger partial charge in [0.25, 0.3) is 0 Å². The fraction of sp³-hybridized carbons (Fsp3) is 0.600. The van der Waals surface area contributed by atoms with Gasteiger partial charge in [-0.05, 0) is 31.9 Å². The molecule has 1 atom stereocenters. The number of nitrogens with zero attached hydrogens (tertiary/aromatic N) is 1. The number of likely N-dealkylation sites (tertiary alicyclic amines) is 1. The Morgan fingerprint density at radius 2 is 2.05 bits per heavy atom. The van der Waals surface area contributed by atoms with Crippen molar-refractivity contribution in [3.05, 3.63) is 35.4 Å². The number of ether oxygens (including phenoxy) is 1. The van der Waals surface area contributed by atoms with E-state index in [4.69, 9.17) is 10.5 Å². The summed E-state index contributed by atoms with van der Waals surface area (Å²) in [6.07, 6.45) is 3.00. The van der Waals surface area contributed by atoms with E-state index in [0.29, 0.717) is 12.5 Å². The van der Waals surface area contributed by atoms with Gasteiger partial charge in [0.1, 0.15) is 0 Å². The van der Waals surface area contributed by atoms with Crippen molar-refractivity contribution in [3.8, 4) is 0 Å². The molecule has 0 spiro atoms. The molecular weight excluding hydrogens is 262 g/mol. The van der Waals surface area contributed by atoms with Gasteiger partial charge >= 0.3 is 0 Å². The first-order chi connectivity index (χ1) is 9.61. The molecule has 1 saturated heterocycles. The second kappa shape index (κ2) is 7.11.